The zero-order valence-corrected chi connectivity index (χ0v) is 13.3. The lowest BCUT2D eigenvalue weighted by Gasteiger charge is -2.30. The fraction of sp³-hybridized carbons (Fsp3) is 0.471. The predicted octanol–water partition coefficient (Wildman–Crippen LogP) is 0.0796. The number of nitrogens with one attached hydrogen (secondary N) is 1. The van der Waals surface area contributed by atoms with E-state index in [1.165, 1.54) is 0 Å². The maximum Gasteiger partial charge on any atom is 0.255 e. The number of likely N-dealkylation sites (tertiary alicyclic amines) is 1. The Kier molecular flexibility index (Phi) is 4.67. The fourth-order valence-electron chi connectivity index (χ4n) is 3.27. The molecule has 1 aromatic carbocycles. The molecule has 126 valence electrons. The van der Waals surface area contributed by atoms with E-state index in [0.717, 1.165) is 24.0 Å². The Morgan fingerprint density at radius 3 is 3.00 bits per heavy atom. The molecule has 0 aromatic heterocycles. The van der Waals surface area contributed by atoms with Gasteiger partial charge in [0.25, 0.3) is 5.91 Å². The lowest BCUT2D eigenvalue weighted by atomic mass is 9.94. The van der Waals surface area contributed by atoms with Gasteiger partial charge in [0.15, 0.2) is 6.61 Å². The summed E-state index contributed by atoms with van der Waals surface area (Å²) < 4.78 is 5.30. The van der Waals surface area contributed by atoms with Crippen molar-refractivity contribution in [3.8, 4) is 11.8 Å². The lowest BCUT2D eigenvalue weighted by molar-refractivity contribution is -0.133. The number of benzene rings is 1. The van der Waals surface area contributed by atoms with Gasteiger partial charge in [0.05, 0.1) is 12.1 Å². The molecule has 24 heavy (non-hydrogen) atoms. The summed E-state index contributed by atoms with van der Waals surface area (Å²) in [5, 5.41) is 12.4. The van der Waals surface area contributed by atoms with Crippen molar-refractivity contribution in [1.82, 2.24) is 10.2 Å². The average molecular weight is 328 g/mol. The summed E-state index contributed by atoms with van der Waals surface area (Å²) in [6, 6.07) is 7.16. The number of carbonyl (C=O) groups is 2. The van der Waals surface area contributed by atoms with Gasteiger partial charge in [-0.2, -0.15) is 5.26 Å². The number of rotatable bonds is 4. The van der Waals surface area contributed by atoms with Crippen LogP contribution in [0.3, 0.4) is 0 Å². The maximum absolute atomic E-state index is 12.7. The number of nitriles is 1. The normalized spacial score (nSPS) is 22.5. The number of hydrogen-bond acceptors (Lipinski definition) is 5. The van der Waals surface area contributed by atoms with Crippen molar-refractivity contribution >= 4 is 11.8 Å². The topological polar surface area (TPSA) is 108 Å². The molecule has 0 saturated carbocycles. The molecule has 3 N–H and O–H groups in total. The smallest absolute Gasteiger partial charge is 0.255 e. The van der Waals surface area contributed by atoms with Gasteiger partial charge in [-0.15, -0.1) is 0 Å². The molecule has 0 bridgehead atoms. The molecule has 0 spiro atoms. The van der Waals surface area contributed by atoms with Crippen LogP contribution in [0, 0.1) is 11.3 Å². The highest BCUT2D eigenvalue weighted by atomic mass is 16.5. The Bertz CT molecular complexity index is 698. The number of nitrogens with zero attached hydrogens (tertiary/aromatic N) is 2. The first-order valence-corrected chi connectivity index (χ1v) is 8.05. The van der Waals surface area contributed by atoms with E-state index in [9.17, 15) is 9.59 Å². The lowest BCUT2D eigenvalue weighted by Crippen LogP contribution is -2.50. The molecule has 7 nitrogen and oxygen atoms in total. The summed E-state index contributed by atoms with van der Waals surface area (Å²) in [6.07, 6.45) is 2.22. The standard InChI is InChI=1S/C17H20N4O3/c18-8-13-2-1-5-21(13)17(23)15-7-11-3-4-14(24-10-16(19)22)6-12(11)9-20-15/h3-4,6,13,15,20H,1-2,5,7,9-10H2,(H2,19,22)/t13-,15+/m1/s1. The van der Waals surface area contributed by atoms with E-state index in [1.807, 2.05) is 12.1 Å². The molecule has 3 rings (SSSR count). The molecule has 0 radical (unpaired) electrons. The van der Waals surface area contributed by atoms with Crippen LogP contribution in [0.25, 0.3) is 0 Å². The molecule has 0 unspecified atom stereocenters. The van der Waals surface area contributed by atoms with E-state index in [-0.39, 0.29) is 24.6 Å². The van der Waals surface area contributed by atoms with Gasteiger partial charge in [-0.05, 0) is 42.5 Å². The molecule has 0 aliphatic carbocycles. The van der Waals surface area contributed by atoms with Crippen molar-refractivity contribution in [2.45, 2.75) is 37.9 Å². The Balaban J connectivity index is 1.67. The minimum absolute atomic E-state index is 0.00115. The van der Waals surface area contributed by atoms with Gasteiger partial charge < -0.3 is 20.7 Å². The van der Waals surface area contributed by atoms with Crippen LogP contribution in [0.5, 0.6) is 5.75 Å². The van der Waals surface area contributed by atoms with Crippen LogP contribution in [0.15, 0.2) is 18.2 Å². The van der Waals surface area contributed by atoms with Gasteiger partial charge >= 0.3 is 0 Å². The fourth-order valence-corrected chi connectivity index (χ4v) is 3.27. The second kappa shape index (κ2) is 6.89. The number of hydrogen-bond donors (Lipinski definition) is 2. The minimum atomic E-state index is -0.519. The summed E-state index contributed by atoms with van der Waals surface area (Å²) in [5.41, 5.74) is 7.19. The third-order valence-electron chi connectivity index (χ3n) is 4.50. The van der Waals surface area contributed by atoms with Gasteiger partial charge in [0, 0.05) is 13.1 Å². The second-order valence-corrected chi connectivity index (χ2v) is 6.14. The van der Waals surface area contributed by atoms with E-state index in [2.05, 4.69) is 11.4 Å². The average Bonchev–Trinajstić information content (AvgIpc) is 3.07. The number of carbonyl (C=O) groups excluding carboxylic acids is 2. The van der Waals surface area contributed by atoms with Crippen LogP contribution in [0.1, 0.15) is 24.0 Å². The third-order valence-corrected chi connectivity index (χ3v) is 4.50. The molecule has 2 aliphatic rings. The zero-order valence-electron chi connectivity index (χ0n) is 13.3. The summed E-state index contributed by atoms with van der Waals surface area (Å²) >= 11 is 0. The summed E-state index contributed by atoms with van der Waals surface area (Å²) in [4.78, 5) is 25.1. The molecule has 2 aliphatic heterocycles. The Morgan fingerprint density at radius 1 is 1.42 bits per heavy atom. The van der Waals surface area contributed by atoms with Crippen molar-refractivity contribution in [3.05, 3.63) is 29.3 Å². The first-order chi connectivity index (χ1) is 11.6. The Labute approximate surface area is 140 Å². The highest BCUT2D eigenvalue weighted by molar-refractivity contribution is 5.83. The molecule has 2 heterocycles. The van der Waals surface area contributed by atoms with Crippen molar-refractivity contribution in [1.29, 1.82) is 5.26 Å². The monoisotopic (exact) mass is 328 g/mol. The number of primary amides is 1. The SMILES string of the molecule is N#C[C@H]1CCCN1C(=O)[C@@H]1Cc2ccc(OCC(N)=O)cc2CN1. The first-order valence-electron chi connectivity index (χ1n) is 8.05. The first kappa shape index (κ1) is 16.3. The van der Waals surface area contributed by atoms with E-state index >= 15 is 0 Å². The summed E-state index contributed by atoms with van der Waals surface area (Å²) in [7, 11) is 0. The predicted molar refractivity (Wildman–Crippen MR) is 85.8 cm³/mol. The van der Waals surface area contributed by atoms with Crippen molar-refractivity contribution in [3.63, 3.8) is 0 Å². The zero-order chi connectivity index (χ0) is 17.1. The quantitative estimate of drug-likeness (QED) is 0.813. The summed E-state index contributed by atoms with van der Waals surface area (Å²) in [6.45, 7) is 1.05. The van der Waals surface area contributed by atoms with Gasteiger partial charge in [-0.1, -0.05) is 6.07 Å². The van der Waals surface area contributed by atoms with E-state index < -0.39 is 5.91 Å². The molecule has 1 aromatic rings. The minimum Gasteiger partial charge on any atom is -0.484 e. The number of nitrogens with two attached hydrogens (primary N) is 1. The highest BCUT2D eigenvalue weighted by Gasteiger charge is 2.34. The number of amides is 2. The van der Waals surface area contributed by atoms with Crippen LogP contribution in [-0.2, 0) is 22.6 Å². The molecule has 2 amide bonds. The van der Waals surface area contributed by atoms with Crippen LogP contribution in [0.2, 0.25) is 0 Å². The number of ether oxygens (including phenoxy) is 1. The largest absolute Gasteiger partial charge is 0.484 e. The van der Waals surface area contributed by atoms with Gasteiger partial charge in [0.2, 0.25) is 5.91 Å². The van der Waals surface area contributed by atoms with Crippen LogP contribution in [-0.4, -0.2) is 41.9 Å². The van der Waals surface area contributed by atoms with E-state index in [4.69, 9.17) is 15.7 Å². The molecular weight excluding hydrogens is 308 g/mol. The van der Waals surface area contributed by atoms with Crippen molar-refractivity contribution < 1.29 is 14.3 Å². The molecule has 2 atom stereocenters. The Hall–Kier alpha value is -2.59. The van der Waals surface area contributed by atoms with E-state index in [1.54, 1.807) is 11.0 Å². The van der Waals surface area contributed by atoms with E-state index in [0.29, 0.717) is 25.3 Å². The van der Waals surface area contributed by atoms with Crippen LogP contribution >= 0.6 is 0 Å². The maximum atomic E-state index is 12.7. The molecule has 1 fully saturated rings. The van der Waals surface area contributed by atoms with Gasteiger partial charge in [0.1, 0.15) is 11.8 Å². The second-order valence-electron chi connectivity index (χ2n) is 6.14. The molecular formula is C17H20N4O3. The van der Waals surface area contributed by atoms with Gasteiger partial charge in [-0.3, -0.25) is 9.59 Å². The highest BCUT2D eigenvalue weighted by Crippen LogP contribution is 2.25. The summed E-state index contributed by atoms with van der Waals surface area (Å²) in [5.74, 6) is 0.0659. The number of fused-ring (bicyclic) bond motifs is 1. The molecule has 1 saturated heterocycles. The van der Waals surface area contributed by atoms with Crippen molar-refractivity contribution in [2.24, 2.45) is 5.73 Å². The van der Waals surface area contributed by atoms with Crippen LogP contribution < -0.4 is 15.8 Å². The molecule has 7 heteroatoms. The van der Waals surface area contributed by atoms with Gasteiger partial charge in [-0.25, -0.2) is 0 Å². The van der Waals surface area contributed by atoms with Crippen molar-refractivity contribution in [2.75, 3.05) is 13.2 Å². The van der Waals surface area contributed by atoms with Crippen LogP contribution in [0.4, 0.5) is 0 Å². The Morgan fingerprint density at radius 2 is 2.25 bits per heavy atom. The third kappa shape index (κ3) is 3.34.